The molecule has 0 heterocycles. The summed E-state index contributed by atoms with van der Waals surface area (Å²) in [4.78, 5) is 23.7. The second-order valence-corrected chi connectivity index (χ2v) is 4.89. The molecule has 0 spiro atoms. The molecule has 2 N–H and O–H groups in total. The predicted octanol–water partition coefficient (Wildman–Crippen LogP) is 2.23. The standard InChI is InChI=1S/C19H16O4/c20-17(13-11-15-7-3-1-4-8-15)19(22,23)18(21)14-12-16-9-5-2-6-10-16/h1-14,22-23H. The molecule has 0 atom stereocenters. The van der Waals surface area contributed by atoms with Gasteiger partial charge in [-0.2, -0.15) is 0 Å². The van der Waals surface area contributed by atoms with E-state index in [4.69, 9.17) is 0 Å². The molecule has 0 unspecified atom stereocenters. The van der Waals surface area contributed by atoms with Crippen LogP contribution in [0.15, 0.2) is 72.8 Å². The van der Waals surface area contributed by atoms with Gasteiger partial charge in [0.1, 0.15) is 0 Å². The van der Waals surface area contributed by atoms with Crippen LogP contribution in [0.5, 0.6) is 0 Å². The van der Waals surface area contributed by atoms with Crippen LogP contribution in [0.1, 0.15) is 11.1 Å². The van der Waals surface area contributed by atoms with Crippen molar-refractivity contribution < 1.29 is 19.8 Å². The Hall–Kier alpha value is -2.82. The minimum absolute atomic E-state index is 0.712. The van der Waals surface area contributed by atoms with E-state index in [2.05, 4.69) is 0 Å². The summed E-state index contributed by atoms with van der Waals surface area (Å²) in [6.45, 7) is 0. The Kier molecular flexibility index (Phi) is 5.36. The SMILES string of the molecule is O=C(C=Cc1ccccc1)C(O)(O)C(=O)C=Cc1ccccc1. The van der Waals surface area contributed by atoms with Crippen molar-refractivity contribution in [2.75, 3.05) is 0 Å². The van der Waals surface area contributed by atoms with Crippen LogP contribution in [0.4, 0.5) is 0 Å². The molecule has 0 saturated heterocycles. The van der Waals surface area contributed by atoms with Crippen LogP contribution in [0.2, 0.25) is 0 Å². The molecule has 2 aromatic rings. The predicted molar refractivity (Wildman–Crippen MR) is 88.1 cm³/mol. The highest BCUT2D eigenvalue weighted by Crippen LogP contribution is 2.10. The van der Waals surface area contributed by atoms with Gasteiger partial charge in [-0.05, 0) is 23.3 Å². The van der Waals surface area contributed by atoms with Crippen molar-refractivity contribution in [2.45, 2.75) is 5.79 Å². The van der Waals surface area contributed by atoms with Crippen LogP contribution in [-0.2, 0) is 9.59 Å². The number of hydrogen-bond donors (Lipinski definition) is 2. The number of carbonyl (C=O) groups excluding carboxylic acids is 2. The molecule has 4 heteroatoms. The highest BCUT2D eigenvalue weighted by Gasteiger charge is 2.38. The molecule has 0 saturated carbocycles. The number of aliphatic hydroxyl groups is 2. The van der Waals surface area contributed by atoms with E-state index in [0.717, 1.165) is 12.2 Å². The van der Waals surface area contributed by atoms with Crippen molar-refractivity contribution in [1.82, 2.24) is 0 Å². The monoisotopic (exact) mass is 308 g/mol. The van der Waals surface area contributed by atoms with E-state index in [0.29, 0.717) is 11.1 Å². The summed E-state index contributed by atoms with van der Waals surface area (Å²) in [6.07, 6.45) is 4.78. The lowest BCUT2D eigenvalue weighted by Gasteiger charge is -2.14. The Morgan fingerprint density at radius 2 is 1.04 bits per heavy atom. The summed E-state index contributed by atoms with van der Waals surface area (Å²) >= 11 is 0. The maximum Gasteiger partial charge on any atom is 0.293 e. The topological polar surface area (TPSA) is 74.6 Å². The number of ketones is 2. The number of hydrogen-bond acceptors (Lipinski definition) is 4. The molecule has 0 aliphatic carbocycles. The van der Waals surface area contributed by atoms with Crippen LogP contribution in [-0.4, -0.2) is 27.6 Å². The average Bonchev–Trinajstić information content (AvgIpc) is 2.59. The molecule has 0 radical (unpaired) electrons. The maximum absolute atomic E-state index is 11.8. The van der Waals surface area contributed by atoms with E-state index in [9.17, 15) is 19.8 Å². The zero-order chi connectivity index (χ0) is 16.7. The molecular weight excluding hydrogens is 292 g/mol. The molecule has 0 aromatic heterocycles. The van der Waals surface area contributed by atoms with Gasteiger partial charge in [0, 0.05) is 0 Å². The van der Waals surface area contributed by atoms with E-state index < -0.39 is 17.4 Å². The number of benzene rings is 2. The molecule has 4 nitrogen and oxygen atoms in total. The molecule has 0 bridgehead atoms. The van der Waals surface area contributed by atoms with E-state index in [1.54, 1.807) is 48.5 Å². The van der Waals surface area contributed by atoms with Gasteiger partial charge in [-0.3, -0.25) is 9.59 Å². The molecule has 2 aromatic carbocycles. The van der Waals surface area contributed by atoms with Gasteiger partial charge in [0.15, 0.2) is 0 Å². The molecule has 0 aliphatic heterocycles. The summed E-state index contributed by atoms with van der Waals surface area (Å²) in [5.41, 5.74) is 1.42. The van der Waals surface area contributed by atoms with E-state index in [-0.39, 0.29) is 0 Å². The van der Waals surface area contributed by atoms with E-state index in [1.165, 1.54) is 12.2 Å². The minimum Gasteiger partial charge on any atom is -0.353 e. The van der Waals surface area contributed by atoms with Gasteiger partial charge >= 0.3 is 0 Å². The highest BCUT2D eigenvalue weighted by atomic mass is 16.5. The lowest BCUT2D eigenvalue weighted by atomic mass is 10.0. The van der Waals surface area contributed by atoms with Crippen molar-refractivity contribution in [3.8, 4) is 0 Å². The Balaban J connectivity index is 2.07. The second kappa shape index (κ2) is 7.45. The maximum atomic E-state index is 11.8. The van der Waals surface area contributed by atoms with Crippen molar-refractivity contribution >= 4 is 23.7 Å². The van der Waals surface area contributed by atoms with Crippen LogP contribution in [0.3, 0.4) is 0 Å². The van der Waals surface area contributed by atoms with Gasteiger partial charge in [-0.15, -0.1) is 0 Å². The largest absolute Gasteiger partial charge is 0.353 e. The Morgan fingerprint density at radius 3 is 1.39 bits per heavy atom. The lowest BCUT2D eigenvalue weighted by Crippen LogP contribution is -2.44. The Bertz CT molecular complexity index is 665. The van der Waals surface area contributed by atoms with Gasteiger partial charge in [-0.1, -0.05) is 72.8 Å². The summed E-state index contributed by atoms with van der Waals surface area (Å²) in [7, 11) is 0. The quantitative estimate of drug-likeness (QED) is 0.487. The normalized spacial score (nSPS) is 11.9. The van der Waals surface area contributed by atoms with Crippen LogP contribution >= 0.6 is 0 Å². The Morgan fingerprint density at radius 1 is 0.696 bits per heavy atom. The first-order chi connectivity index (χ1) is 11.0. The fraction of sp³-hybridized carbons (Fsp3) is 0.0526. The average molecular weight is 308 g/mol. The van der Waals surface area contributed by atoms with Crippen molar-refractivity contribution in [3.05, 3.63) is 83.9 Å². The molecule has 2 rings (SSSR count). The van der Waals surface area contributed by atoms with Crippen LogP contribution in [0.25, 0.3) is 12.2 Å². The zero-order valence-electron chi connectivity index (χ0n) is 12.3. The first-order valence-electron chi connectivity index (χ1n) is 7.00. The van der Waals surface area contributed by atoms with Crippen molar-refractivity contribution in [3.63, 3.8) is 0 Å². The van der Waals surface area contributed by atoms with Crippen LogP contribution in [0, 0.1) is 0 Å². The van der Waals surface area contributed by atoms with Gasteiger partial charge in [0.05, 0.1) is 0 Å². The first-order valence-corrected chi connectivity index (χ1v) is 7.00. The fourth-order valence-corrected chi connectivity index (χ4v) is 1.83. The summed E-state index contributed by atoms with van der Waals surface area (Å²) in [5.74, 6) is -5.26. The van der Waals surface area contributed by atoms with Gasteiger partial charge in [-0.25, -0.2) is 0 Å². The number of carbonyl (C=O) groups is 2. The first kappa shape index (κ1) is 16.5. The second-order valence-electron chi connectivity index (χ2n) is 4.89. The van der Waals surface area contributed by atoms with Gasteiger partial charge in [0.25, 0.3) is 5.79 Å². The van der Waals surface area contributed by atoms with E-state index in [1.807, 2.05) is 12.1 Å². The highest BCUT2D eigenvalue weighted by molar-refractivity contribution is 6.18. The fourth-order valence-electron chi connectivity index (χ4n) is 1.83. The molecular formula is C19H16O4. The third-order valence-electron chi connectivity index (χ3n) is 3.14. The van der Waals surface area contributed by atoms with Crippen molar-refractivity contribution in [1.29, 1.82) is 0 Å². The molecule has 0 amide bonds. The van der Waals surface area contributed by atoms with Crippen LogP contribution < -0.4 is 0 Å². The summed E-state index contributed by atoms with van der Waals surface area (Å²) in [6, 6.07) is 17.8. The smallest absolute Gasteiger partial charge is 0.293 e. The lowest BCUT2D eigenvalue weighted by molar-refractivity contribution is -0.182. The van der Waals surface area contributed by atoms with Gasteiger partial charge < -0.3 is 10.2 Å². The summed E-state index contributed by atoms with van der Waals surface area (Å²) in [5, 5.41) is 19.5. The number of rotatable bonds is 6. The van der Waals surface area contributed by atoms with Crippen molar-refractivity contribution in [2.24, 2.45) is 0 Å². The third kappa shape index (κ3) is 4.57. The Labute approximate surface area is 134 Å². The minimum atomic E-state index is -3.07. The molecule has 0 fully saturated rings. The molecule has 116 valence electrons. The molecule has 0 aliphatic rings. The summed E-state index contributed by atoms with van der Waals surface area (Å²) < 4.78 is 0. The zero-order valence-corrected chi connectivity index (χ0v) is 12.3. The van der Waals surface area contributed by atoms with E-state index >= 15 is 0 Å². The third-order valence-corrected chi connectivity index (χ3v) is 3.14. The van der Waals surface area contributed by atoms with Gasteiger partial charge in [0.2, 0.25) is 11.6 Å². The molecule has 23 heavy (non-hydrogen) atoms.